The van der Waals surface area contributed by atoms with E-state index in [2.05, 4.69) is 5.92 Å². The molecule has 1 fully saturated rings. The van der Waals surface area contributed by atoms with E-state index in [0.717, 1.165) is 5.56 Å². The summed E-state index contributed by atoms with van der Waals surface area (Å²) < 4.78 is 12.9. The highest BCUT2D eigenvalue weighted by Crippen LogP contribution is 2.32. The monoisotopic (exact) mass is 303 g/mol. The van der Waals surface area contributed by atoms with Gasteiger partial charge in [-0.05, 0) is 37.0 Å². The van der Waals surface area contributed by atoms with Crippen LogP contribution in [0.1, 0.15) is 24.8 Å². The number of aliphatic carboxylic acids is 1. The summed E-state index contributed by atoms with van der Waals surface area (Å²) in [5.74, 6) is 0.401. The molecular weight excluding hydrogens is 285 g/mol. The zero-order valence-electron chi connectivity index (χ0n) is 12.2. The van der Waals surface area contributed by atoms with Crippen molar-refractivity contribution in [3.8, 4) is 12.3 Å². The Bertz CT molecular complexity index is 591. The van der Waals surface area contributed by atoms with Gasteiger partial charge in [-0.25, -0.2) is 4.39 Å². The summed E-state index contributed by atoms with van der Waals surface area (Å²) in [6.07, 6.45) is 6.77. The third-order valence-electron chi connectivity index (χ3n) is 4.01. The number of benzene rings is 1. The van der Waals surface area contributed by atoms with Crippen LogP contribution in [0.4, 0.5) is 4.39 Å². The minimum atomic E-state index is -0.850. The van der Waals surface area contributed by atoms with Gasteiger partial charge in [0.1, 0.15) is 5.82 Å². The molecule has 0 radical (unpaired) electrons. The lowest BCUT2D eigenvalue weighted by Gasteiger charge is -2.24. The lowest BCUT2D eigenvalue weighted by molar-refractivity contribution is -0.141. The number of carbonyl (C=O) groups excluding carboxylic acids is 1. The molecule has 2 atom stereocenters. The van der Waals surface area contributed by atoms with Crippen LogP contribution in [-0.4, -0.2) is 28.4 Å². The second kappa shape index (κ2) is 7.08. The van der Waals surface area contributed by atoms with Crippen molar-refractivity contribution in [2.45, 2.75) is 25.8 Å². The highest BCUT2D eigenvalue weighted by atomic mass is 19.1. The number of hydrogen-bond donors (Lipinski definition) is 1. The molecule has 1 amide bonds. The van der Waals surface area contributed by atoms with Crippen molar-refractivity contribution in [1.29, 1.82) is 0 Å². The maximum absolute atomic E-state index is 12.9. The fraction of sp³-hybridized carbons (Fsp3) is 0.412. The number of carbonyl (C=O) groups is 2. The normalized spacial score (nSPS) is 20.4. The Balaban J connectivity index is 2.04. The number of nitrogens with zero attached hydrogens (tertiary/aromatic N) is 1. The van der Waals surface area contributed by atoms with Crippen molar-refractivity contribution < 1.29 is 19.1 Å². The fourth-order valence-corrected chi connectivity index (χ4v) is 2.82. The van der Waals surface area contributed by atoms with Gasteiger partial charge in [0.25, 0.3) is 0 Å². The molecule has 5 heteroatoms. The van der Waals surface area contributed by atoms with E-state index >= 15 is 0 Å². The number of amides is 1. The third-order valence-corrected chi connectivity index (χ3v) is 4.01. The molecule has 0 spiro atoms. The Morgan fingerprint density at radius 1 is 1.27 bits per heavy atom. The topological polar surface area (TPSA) is 57.6 Å². The van der Waals surface area contributed by atoms with Gasteiger partial charge in [0, 0.05) is 12.5 Å². The standard InChI is InChI=1S/C17H18FNO3/c1-2-9-19(11-12-3-7-15(18)8-4-12)16(20)13-5-6-14(10-13)17(21)22/h1,3-4,7-8,13-14H,5-6,9-11H2,(H,21,22)/t13-,14+/m0/s1. The quantitative estimate of drug-likeness (QED) is 0.849. The predicted molar refractivity (Wildman–Crippen MR) is 79.1 cm³/mol. The largest absolute Gasteiger partial charge is 0.481 e. The molecule has 1 aromatic carbocycles. The SMILES string of the molecule is C#CCN(Cc1ccc(F)cc1)C(=O)[C@H]1CC[C@@H](C(=O)O)C1. The second-order valence-corrected chi connectivity index (χ2v) is 5.57. The number of halogens is 1. The molecule has 116 valence electrons. The zero-order chi connectivity index (χ0) is 16.1. The molecule has 0 heterocycles. The zero-order valence-corrected chi connectivity index (χ0v) is 12.2. The maximum atomic E-state index is 12.9. The number of hydrogen-bond acceptors (Lipinski definition) is 2. The number of carboxylic acid groups (broad SMARTS) is 1. The van der Waals surface area contributed by atoms with E-state index in [4.69, 9.17) is 11.5 Å². The summed E-state index contributed by atoms with van der Waals surface area (Å²) in [6, 6.07) is 5.90. The van der Waals surface area contributed by atoms with Gasteiger partial charge in [-0.15, -0.1) is 6.42 Å². The first-order valence-corrected chi connectivity index (χ1v) is 7.20. The Labute approximate surface area is 128 Å². The first-order chi connectivity index (χ1) is 10.5. The predicted octanol–water partition coefficient (Wildman–Crippen LogP) is 2.29. The van der Waals surface area contributed by atoms with Crippen molar-refractivity contribution >= 4 is 11.9 Å². The van der Waals surface area contributed by atoms with E-state index in [1.807, 2.05) is 0 Å². The van der Waals surface area contributed by atoms with Crippen LogP contribution >= 0.6 is 0 Å². The highest BCUT2D eigenvalue weighted by Gasteiger charge is 2.35. The fourth-order valence-electron chi connectivity index (χ4n) is 2.82. The molecule has 1 saturated carbocycles. The van der Waals surface area contributed by atoms with Gasteiger partial charge < -0.3 is 10.0 Å². The minimum Gasteiger partial charge on any atom is -0.481 e. The van der Waals surface area contributed by atoms with E-state index in [0.29, 0.717) is 25.8 Å². The Hall–Kier alpha value is -2.35. The summed E-state index contributed by atoms with van der Waals surface area (Å²) in [5, 5.41) is 9.02. The van der Waals surface area contributed by atoms with E-state index in [1.54, 1.807) is 12.1 Å². The molecule has 0 aromatic heterocycles. The van der Waals surface area contributed by atoms with Crippen molar-refractivity contribution in [3.05, 3.63) is 35.6 Å². The molecule has 2 rings (SSSR count). The summed E-state index contributed by atoms with van der Waals surface area (Å²) >= 11 is 0. The van der Waals surface area contributed by atoms with Crippen LogP contribution in [0.5, 0.6) is 0 Å². The number of carboxylic acids is 1. The third kappa shape index (κ3) is 3.85. The first kappa shape index (κ1) is 16.0. The molecule has 22 heavy (non-hydrogen) atoms. The Morgan fingerprint density at radius 3 is 2.45 bits per heavy atom. The molecule has 0 aliphatic heterocycles. The summed E-state index contributed by atoms with van der Waals surface area (Å²) in [7, 11) is 0. The number of terminal acetylenes is 1. The van der Waals surface area contributed by atoms with Crippen LogP contribution in [0.15, 0.2) is 24.3 Å². The highest BCUT2D eigenvalue weighted by molar-refractivity contribution is 5.81. The van der Waals surface area contributed by atoms with Crippen molar-refractivity contribution in [2.24, 2.45) is 11.8 Å². The Kier molecular flexibility index (Phi) is 5.16. The van der Waals surface area contributed by atoms with E-state index in [1.165, 1.54) is 17.0 Å². The molecule has 1 aliphatic rings. The van der Waals surface area contributed by atoms with Crippen LogP contribution in [0.3, 0.4) is 0 Å². The molecule has 1 aromatic rings. The molecule has 1 N–H and O–H groups in total. The van der Waals surface area contributed by atoms with E-state index in [9.17, 15) is 14.0 Å². The Morgan fingerprint density at radius 2 is 1.91 bits per heavy atom. The average Bonchev–Trinajstić information content (AvgIpc) is 2.98. The first-order valence-electron chi connectivity index (χ1n) is 7.20. The molecule has 1 aliphatic carbocycles. The van der Waals surface area contributed by atoms with Gasteiger partial charge in [-0.2, -0.15) is 0 Å². The van der Waals surface area contributed by atoms with Gasteiger partial charge in [-0.3, -0.25) is 9.59 Å². The summed E-state index contributed by atoms with van der Waals surface area (Å²) in [6.45, 7) is 0.460. The smallest absolute Gasteiger partial charge is 0.306 e. The van der Waals surface area contributed by atoms with Gasteiger partial charge >= 0.3 is 5.97 Å². The summed E-state index contributed by atoms with van der Waals surface area (Å²) in [4.78, 5) is 25.1. The van der Waals surface area contributed by atoms with Gasteiger partial charge in [0.15, 0.2) is 0 Å². The molecule has 4 nitrogen and oxygen atoms in total. The van der Waals surface area contributed by atoms with Gasteiger partial charge in [-0.1, -0.05) is 18.1 Å². The molecule has 0 saturated heterocycles. The molecular formula is C17H18FNO3. The van der Waals surface area contributed by atoms with Gasteiger partial charge in [0.2, 0.25) is 5.91 Å². The van der Waals surface area contributed by atoms with Crippen LogP contribution < -0.4 is 0 Å². The molecule has 0 unspecified atom stereocenters. The van der Waals surface area contributed by atoms with Crippen LogP contribution in [0, 0.1) is 30.0 Å². The van der Waals surface area contributed by atoms with Crippen LogP contribution in [-0.2, 0) is 16.1 Å². The van der Waals surface area contributed by atoms with Crippen molar-refractivity contribution in [3.63, 3.8) is 0 Å². The molecule has 0 bridgehead atoms. The second-order valence-electron chi connectivity index (χ2n) is 5.57. The van der Waals surface area contributed by atoms with Crippen LogP contribution in [0.2, 0.25) is 0 Å². The number of rotatable bonds is 5. The maximum Gasteiger partial charge on any atom is 0.306 e. The average molecular weight is 303 g/mol. The lowest BCUT2D eigenvalue weighted by Crippen LogP contribution is -2.35. The van der Waals surface area contributed by atoms with Gasteiger partial charge in [0.05, 0.1) is 12.5 Å². The van der Waals surface area contributed by atoms with Crippen LogP contribution in [0.25, 0.3) is 0 Å². The van der Waals surface area contributed by atoms with Crippen molar-refractivity contribution in [2.75, 3.05) is 6.54 Å². The van der Waals surface area contributed by atoms with Crippen molar-refractivity contribution in [1.82, 2.24) is 4.90 Å². The van der Waals surface area contributed by atoms with E-state index in [-0.39, 0.29) is 24.2 Å². The minimum absolute atomic E-state index is 0.119. The lowest BCUT2D eigenvalue weighted by atomic mass is 10.0. The summed E-state index contributed by atoms with van der Waals surface area (Å²) in [5.41, 5.74) is 0.790. The van der Waals surface area contributed by atoms with E-state index < -0.39 is 11.9 Å².